The Labute approximate surface area is 243 Å². The first kappa shape index (κ1) is 30.9. The molecule has 0 amide bonds. The summed E-state index contributed by atoms with van der Waals surface area (Å²) in [5.41, 5.74) is 0.846. The zero-order chi connectivity index (χ0) is 31.4. The fraction of sp³-hybridized carbons (Fsp3) is 0.357. The Hall–Kier alpha value is -5.05. The van der Waals surface area contributed by atoms with Crippen LogP contribution in [0.15, 0.2) is 48.7 Å². The molecule has 14 nitrogen and oxygen atoms in total. The van der Waals surface area contributed by atoms with Gasteiger partial charge in [-0.15, -0.1) is 0 Å². The maximum absolute atomic E-state index is 15.4. The third-order valence-corrected chi connectivity index (χ3v) is 6.27. The van der Waals surface area contributed by atoms with Crippen LogP contribution in [0.2, 0.25) is 0 Å². The highest BCUT2D eigenvalue weighted by Crippen LogP contribution is 2.33. The lowest BCUT2D eigenvalue weighted by Gasteiger charge is -2.43. The van der Waals surface area contributed by atoms with Gasteiger partial charge in [-0.1, -0.05) is 0 Å². The second-order valence-electron chi connectivity index (χ2n) is 9.49. The minimum Gasteiger partial charge on any atom is -0.463 e. The maximum Gasteiger partial charge on any atom is 0.303 e. The molecule has 5 atom stereocenters. The summed E-state index contributed by atoms with van der Waals surface area (Å²) < 4.78 is 49.7. The normalized spacial score (nSPS) is 21.5. The number of ether oxygens (including phenoxy) is 6. The summed E-state index contributed by atoms with van der Waals surface area (Å²) in [7, 11) is 0. The van der Waals surface area contributed by atoms with E-state index in [2.05, 4.69) is 0 Å². The number of fused-ring (bicyclic) bond motifs is 1. The number of halogens is 1. The first-order chi connectivity index (χ1) is 20.3. The molecule has 2 heterocycles. The van der Waals surface area contributed by atoms with Crippen molar-refractivity contribution in [3.8, 4) is 11.4 Å². The number of nitro groups is 1. The molecule has 0 spiro atoms. The largest absolute Gasteiger partial charge is 0.463 e. The summed E-state index contributed by atoms with van der Waals surface area (Å²) in [5, 5.41) is 11.7. The van der Waals surface area contributed by atoms with Crippen molar-refractivity contribution in [3.63, 3.8) is 0 Å². The average Bonchev–Trinajstić information content (AvgIpc) is 3.34. The maximum atomic E-state index is 15.4. The third kappa shape index (κ3) is 7.24. The number of carbonyl (C=O) groups is 4. The Morgan fingerprint density at radius 2 is 1.53 bits per heavy atom. The van der Waals surface area contributed by atoms with E-state index >= 15 is 4.39 Å². The van der Waals surface area contributed by atoms with Gasteiger partial charge in [0.15, 0.2) is 23.8 Å². The molecule has 3 aromatic rings. The van der Waals surface area contributed by atoms with Crippen LogP contribution in [0.4, 0.5) is 10.1 Å². The Balaban J connectivity index is 1.68. The Kier molecular flexibility index (Phi) is 9.24. The van der Waals surface area contributed by atoms with E-state index in [1.54, 1.807) is 16.8 Å². The molecule has 0 radical (unpaired) electrons. The molecule has 1 saturated heterocycles. The van der Waals surface area contributed by atoms with Gasteiger partial charge in [0.2, 0.25) is 12.4 Å². The van der Waals surface area contributed by atoms with Crippen LogP contribution in [0.25, 0.3) is 16.6 Å². The van der Waals surface area contributed by atoms with Crippen LogP contribution in [0.1, 0.15) is 27.7 Å². The predicted molar refractivity (Wildman–Crippen MR) is 142 cm³/mol. The quantitative estimate of drug-likeness (QED) is 0.152. The molecule has 1 fully saturated rings. The summed E-state index contributed by atoms with van der Waals surface area (Å²) in [5.74, 6) is -4.37. The molecular formula is C28H27FN2O12. The fourth-order valence-corrected chi connectivity index (χ4v) is 4.61. The number of rotatable bonds is 9. The van der Waals surface area contributed by atoms with E-state index < -0.39 is 71.9 Å². The van der Waals surface area contributed by atoms with Crippen LogP contribution in [-0.4, -0.2) is 70.7 Å². The second kappa shape index (κ2) is 12.9. The van der Waals surface area contributed by atoms with Gasteiger partial charge in [-0.25, -0.2) is 4.39 Å². The van der Waals surface area contributed by atoms with Crippen molar-refractivity contribution < 1.29 is 56.9 Å². The molecule has 1 aromatic heterocycles. The first-order valence-electron chi connectivity index (χ1n) is 12.9. The molecule has 2 aromatic carbocycles. The van der Waals surface area contributed by atoms with Crippen LogP contribution in [-0.2, 0) is 42.9 Å². The lowest BCUT2D eigenvalue weighted by Crippen LogP contribution is -2.63. The van der Waals surface area contributed by atoms with Gasteiger partial charge in [0.1, 0.15) is 12.7 Å². The number of nitrogens with zero attached hydrogens (tertiary/aromatic N) is 2. The van der Waals surface area contributed by atoms with E-state index in [-0.39, 0.29) is 11.4 Å². The van der Waals surface area contributed by atoms with Crippen LogP contribution in [0.3, 0.4) is 0 Å². The van der Waals surface area contributed by atoms with Crippen molar-refractivity contribution in [2.24, 2.45) is 0 Å². The van der Waals surface area contributed by atoms with Gasteiger partial charge in [0, 0.05) is 63.2 Å². The minimum absolute atomic E-state index is 0.0926. The number of benzene rings is 2. The molecule has 43 heavy (non-hydrogen) atoms. The van der Waals surface area contributed by atoms with Crippen molar-refractivity contribution in [3.05, 3.63) is 64.6 Å². The zero-order valence-electron chi connectivity index (χ0n) is 23.4. The summed E-state index contributed by atoms with van der Waals surface area (Å²) in [4.78, 5) is 58.0. The van der Waals surface area contributed by atoms with Gasteiger partial charge in [-0.3, -0.25) is 29.3 Å². The molecule has 0 aliphatic carbocycles. The molecule has 4 rings (SSSR count). The number of esters is 4. The molecule has 1 aliphatic heterocycles. The van der Waals surface area contributed by atoms with E-state index in [1.807, 2.05) is 0 Å². The van der Waals surface area contributed by atoms with Crippen LogP contribution in [0, 0.1) is 15.9 Å². The Morgan fingerprint density at radius 1 is 0.884 bits per heavy atom. The summed E-state index contributed by atoms with van der Waals surface area (Å²) in [6.07, 6.45) is -5.69. The number of nitro benzene ring substituents is 1. The minimum atomic E-state index is -1.62. The van der Waals surface area contributed by atoms with Gasteiger partial charge in [0.25, 0.3) is 5.69 Å². The summed E-state index contributed by atoms with van der Waals surface area (Å²) >= 11 is 0. The van der Waals surface area contributed by atoms with Crippen molar-refractivity contribution >= 4 is 40.5 Å². The van der Waals surface area contributed by atoms with E-state index in [0.29, 0.717) is 16.6 Å². The Morgan fingerprint density at radius 3 is 2.14 bits per heavy atom. The average molecular weight is 603 g/mol. The molecule has 0 N–H and O–H groups in total. The molecule has 0 saturated carbocycles. The standard InChI is InChI=1S/C28H27FN2O12/c1-14(32)38-13-24-25(39-15(2)33)26(40-16(3)34)27(41-17(4)35)28(43-24)42-23-8-6-19(12-21(23)29)30-10-9-18-11-20(31(36)37)5-7-22(18)30/h5-12,24-28H,13H2,1-4H3/t24?,25-,26?,27?,28+/m1/s1. The smallest absolute Gasteiger partial charge is 0.303 e. The lowest BCUT2D eigenvalue weighted by molar-refractivity contribution is -0.384. The van der Waals surface area contributed by atoms with E-state index in [4.69, 9.17) is 28.4 Å². The zero-order valence-corrected chi connectivity index (χ0v) is 23.4. The third-order valence-electron chi connectivity index (χ3n) is 6.27. The molecular weight excluding hydrogens is 575 g/mol. The summed E-state index contributed by atoms with van der Waals surface area (Å²) in [6, 6.07) is 9.82. The topological polar surface area (TPSA) is 172 Å². The fourth-order valence-electron chi connectivity index (χ4n) is 4.61. The van der Waals surface area contributed by atoms with Crippen molar-refractivity contribution in [1.29, 1.82) is 0 Å². The van der Waals surface area contributed by atoms with Crippen molar-refractivity contribution in [2.45, 2.75) is 58.4 Å². The van der Waals surface area contributed by atoms with Crippen LogP contribution >= 0.6 is 0 Å². The molecule has 1 aliphatic rings. The lowest BCUT2D eigenvalue weighted by atomic mass is 9.98. The van der Waals surface area contributed by atoms with E-state index in [0.717, 1.165) is 33.8 Å². The molecule has 3 unspecified atom stereocenters. The van der Waals surface area contributed by atoms with Gasteiger partial charge >= 0.3 is 23.9 Å². The number of hydrogen-bond donors (Lipinski definition) is 0. The SMILES string of the molecule is CC(=O)OCC1O[C@H](Oc2ccc(-n3ccc4cc([N+](=O)[O-])ccc43)cc2F)C(OC(C)=O)C(OC(C)=O)[C@@H]1OC(C)=O. The number of carbonyl (C=O) groups excluding carboxylic acids is 4. The van der Waals surface area contributed by atoms with Crippen LogP contribution in [0.5, 0.6) is 5.75 Å². The predicted octanol–water partition coefficient (Wildman–Crippen LogP) is 3.14. The summed E-state index contributed by atoms with van der Waals surface area (Å²) in [6.45, 7) is 3.89. The number of non-ortho nitro benzene ring substituents is 1. The van der Waals surface area contributed by atoms with E-state index in [1.165, 1.54) is 30.3 Å². The number of aromatic nitrogens is 1. The van der Waals surface area contributed by atoms with Gasteiger partial charge in [0.05, 0.1) is 10.4 Å². The highest BCUT2D eigenvalue weighted by atomic mass is 19.1. The highest BCUT2D eigenvalue weighted by molar-refractivity contribution is 5.84. The van der Waals surface area contributed by atoms with E-state index in [9.17, 15) is 29.3 Å². The van der Waals surface area contributed by atoms with Gasteiger partial charge in [-0.2, -0.15) is 0 Å². The second-order valence-corrected chi connectivity index (χ2v) is 9.49. The molecule has 228 valence electrons. The van der Waals surface area contributed by atoms with Crippen molar-refractivity contribution in [2.75, 3.05) is 6.61 Å². The first-order valence-corrected chi connectivity index (χ1v) is 12.9. The monoisotopic (exact) mass is 602 g/mol. The Bertz CT molecular complexity index is 1570. The highest BCUT2D eigenvalue weighted by Gasteiger charge is 2.53. The van der Waals surface area contributed by atoms with Crippen LogP contribution < -0.4 is 4.74 Å². The molecule has 0 bridgehead atoms. The number of hydrogen-bond acceptors (Lipinski definition) is 12. The van der Waals surface area contributed by atoms with Crippen molar-refractivity contribution in [1.82, 2.24) is 4.57 Å². The molecule has 15 heteroatoms. The van der Waals surface area contributed by atoms with Gasteiger partial charge in [-0.05, 0) is 24.3 Å². The van der Waals surface area contributed by atoms with Gasteiger partial charge < -0.3 is 33.0 Å².